The Morgan fingerprint density at radius 1 is 1.24 bits per heavy atom. The van der Waals surface area contributed by atoms with Crippen molar-refractivity contribution >= 4 is 22.6 Å². The van der Waals surface area contributed by atoms with Crippen molar-refractivity contribution in [3.63, 3.8) is 0 Å². The smallest absolute Gasteiger partial charge is 0.197 e. The summed E-state index contributed by atoms with van der Waals surface area (Å²) in [5.74, 6) is -1.38. The van der Waals surface area contributed by atoms with Gasteiger partial charge in [-0.15, -0.1) is 0 Å². The molecule has 3 aromatic rings. The standard InChI is InChI=1S/C21H19ClFNO5/c1-24-5-4-12(14(24)9-25)19-15(26)7-16(27)20-17(28)8-18(29-21(19)20)11-3-2-10(23)6-13(11)22/h2-3,6-8,12,14,25-27H,4-5,9H2,1H3/t12-,14+/m1/s1. The van der Waals surface area contributed by atoms with Crippen LogP contribution in [0, 0.1) is 5.82 Å². The quantitative estimate of drug-likeness (QED) is 0.602. The van der Waals surface area contributed by atoms with Crippen LogP contribution in [0.25, 0.3) is 22.3 Å². The Labute approximate surface area is 170 Å². The van der Waals surface area contributed by atoms with Crippen molar-refractivity contribution in [3.8, 4) is 22.8 Å². The van der Waals surface area contributed by atoms with E-state index < -0.39 is 17.0 Å². The first-order valence-electron chi connectivity index (χ1n) is 9.11. The van der Waals surface area contributed by atoms with Gasteiger partial charge in [-0.1, -0.05) is 11.6 Å². The second kappa shape index (κ2) is 7.33. The van der Waals surface area contributed by atoms with Crippen LogP contribution in [-0.4, -0.2) is 46.5 Å². The van der Waals surface area contributed by atoms with Gasteiger partial charge in [-0.25, -0.2) is 4.39 Å². The molecule has 8 heteroatoms. The molecule has 2 heterocycles. The number of likely N-dealkylation sites (N-methyl/N-ethyl adjacent to an activating group) is 1. The molecule has 0 radical (unpaired) electrons. The SMILES string of the molecule is CN1CC[C@@H](c2c(O)cc(O)c3c(=O)cc(-c4ccc(F)cc4Cl)oc23)[C@@H]1CO. The van der Waals surface area contributed by atoms with Gasteiger partial charge >= 0.3 is 0 Å². The van der Waals surface area contributed by atoms with Gasteiger partial charge in [0.25, 0.3) is 0 Å². The van der Waals surface area contributed by atoms with E-state index in [0.717, 1.165) is 12.1 Å². The highest BCUT2D eigenvalue weighted by Gasteiger charge is 2.36. The van der Waals surface area contributed by atoms with Gasteiger partial charge in [-0.05, 0) is 38.2 Å². The number of rotatable bonds is 3. The molecule has 2 atom stereocenters. The fourth-order valence-corrected chi connectivity index (χ4v) is 4.37. The molecule has 152 valence electrons. The Balaban J connectivity index is 2.01. The Bertz CT molecular complexity index is 1160. The molecule has 0 amide bonds. The highest BCUT2D eigenvalue weighted by atomic mass is 35.5. The van der Waals surface area contributed by atoms with E-state index in [9.17, 15) is 24.5 Å². The van der Waals surface area contributed by atoms with Crippen molar-refractivity contribution in [3.05, 3.63) is 57.0 Å². The average Bonchev–Trinajstić information content (AvgIpc) is 3.01. The number of phenolic OH excluding ortho intramolecular Hbond substituents is 2. The van der Waals surface area contributed by atoms with Gasteiger partial charge in [-0.3, -0.25) is 4.79 Å². The number of aliphatic hydroxyl groups excluding tert-OH is 1. The van der Waals surface area contributed by atoms with Crippen LogP contribution in [0.3, 0.4) is 0 Å². The van der Waals surface area contributed by atoms with E-state index in [-0.39, 0.29) is 46.1 Å². The highest BCUT2D eigenvalue weighted by molar-refractivity contribution is 6.33. The highest BCUT2D eigenvalue weighted by Crippen LogP contribution is 2.44. The zero-order valence-electron chi connectivity index (χ0n) is 15.5. The minimum Gasteiger partial charge on any atom is -0.507 e. The molecule has 4 rings (SSSR count). The van der Waals surface area contributed by atoms with Gasteiger partial charge in [0, 0.05) is 35.2 Å². The maximum atomic E-state index is 13.4. The first-order chi connectivity index (χ1) is 13.8. The van der Waals surface area contributed by atoms with Crippen LogP contribution >= 0.6 is 11.6 Å². The molecule has 3 N–H and O–H groups in total. The monoisotopic (exact) mass is 419 g/mol. The van der Waals surface area contributed by atoms with Gasteiger partial charge in [-0.2, -0.15) is 0 Å². The number of fused-ring (bicyclic) bond motifs is 1. The third-order valence-corrected chi connectivity index (χ3v) is 5.89. The first kappa shape index (κ1) is 19.7. The van der Waals surface area contributed by atoms with Crippen LogP contribution in [0.5, 0.6) is 11.5 Å². The van der Waals surface area contributed by atoms with Crippen LogP contribution in [-0.2, 0) is 0 Å². The van der Waals surface area contributed by atoms with Gasteiger partial charge in [0.2, 0.25) is 0 Å². The molecule has 1 saturated heterocycles. The summed E-state index contributed by atoms with van der Waals surface area (Å²) in [4.78, 5) is 14.7. The molecule has 1 aromatic heterocycles. The van der Waals surface area contributed by atoms with E-state index in [1.165, 1.54) is 18.2 Å². The fourth-order valence-electron chi connectivity index (χ4n) is 4.11. The van der Waals surface area contributed by atoms with E-state index in [0.29, 0.717) is 24.1 Å². The molecular formula is C21H19ClFNO5. The number of hydrogen-bond donors (Lipinski definition) is 3. The van der Waals surface area contributed by atoms with Crippen molar-refractivity contribution < 1.29 is 24.1 Å². The molecule has 0 saturated carbocycles. The van der Waals surface area contributed by atoms with Crippen LogP contribution in [0.2, 0.25) is 5.02 Å². The summed E-state index contributed by atoms with van der Waals surface area (Å²) in [7, 11) is 1.86. The maximum absolute atomic E-state index is 13.4. The zero-order valence-corrected chi connectivity index (χ0v) is 16.3. The molecule has 1 aliphatic rings. The van der Waals surface area contributed by atoms with Crippen molar-refractivity contribution in [2.24, 2.45) is 0 Å². The Kier molecular flexibility index (Phi) is 4.98. The molecule has 1 fully saturated rings. The molecule has 0 unspecified atom stereocenters. The van der Waals surface area contributed by atoms with Gasteiger partial charge < -0.3 is 24.6 Å². The first-order valence-corrected chi connectivity index (χ1v) is 9.48. The largest absolute Gasteiger partial charge is 0.507 e. The van der Waals surface area contributed by atoms with E-state index in [2.05, 4.69) is 0 Å². The molecule has 2 aromatic carbocycles. The predicted molar refractivity (Wildman–Crippen MR) is 107 cm³/mol. The van der Waals surface area contributed by atoms with Gasteiger partial charge in [0.05, 0.1) is 11.6 Å². The van der Waals surface area contributed by atoms with Crippen molar-refractivity contribution in [2.75, 3.05) is 20.2 Å². The number of phenols is 2. The summed E-state index contributed by atoms with van der Waals surface area (Å²) >= 11 is 6.12. The van der Waals surface area contributed by atoms with Crippen molar-refractivity contribution in [2.45, 2.75) is 18.4 Å². The summed E-state index contributed by atoms with van der Waals surface area (Å²) < 4.78 is 19.4. The van der Waals surface area contributed by atoms with Crippen LogP contribution in [0.4, 0.5) is 4.39 Å². The lowest BCUT2D eigenvalue weighted by atomic mass is 9.89. The molecule has 0 bridgehead atoms. The number of aromatic hydroxyl groups is 2. The second-order valence-electron chi connectivity index (χ2n) is 7.26. The lowest BCUT2D eigenvalue weighted by Crippen LogP contribution is -2.32. The third-order valence-electron chi connectivity index (χ3n) is 5.58. The molecule has 6 nitrogen and oxygen atoms in total. The van der Waals surface area contributed by atoms with Crippen molar-refractivity contribution in [1.29, 1.82) is 0 Å². The second-order valence-corrected chi connectivity index (χ2v) is 7.66. The van der Waals surface area contributed by atoms with Crippen molar-refractivity contribution in [1.82, 2.24) is 4.90 Å². The number of nitrogens with zero attached hydrogens (tertiary/aromatic N) is 1. The minimum absolute atomic E-state index is 0.0316. The Morgan fingerprint density at radius 2 is 2.00 bits per heavy atom. The number of hydrogen-bond acceptors (Lipinski definition) is 6. The van der Waals surface area contributed by atoms with Gasteiger partial charge in [0.15, 0.2) is 5.43 Å². The number of halogens is 2. The van der Waals surface area contributed by atoms with Crippen LogP contribution in [0.15, 0.2) is 39.5 Å². The minimum atomic E-state index is -0.530. The third kappa shape index (κ3) is 3.25. The summed E-state index contributed by atoms with van der Waals surface area (Å²) in [5, 5.41) is 30.7. The fraction of sp³-hybridized carbons (Fsp3) is 0.286. The number of benzene rings is 2. The lowest BCUT2D eigenvalue weighted by molar-refractivity contribution is 0.172. The molecule has 0 aliphatic carbocycles. The Hall–Kier alpha value is -2.61. The molecule has 0 spiro atoms. The maximum Gasteiger partial charge on any atom is 0.197 e. The normalized spacial score (nSPS) is 19.9. The van der Waals surface area contributed by atoms with Gasteiger partial charge in [0.1, 0.15) is 34.0 Å². The van der Waals surface area contributed by atoms with E-state index in [1.54, 1.807) is 0 Å². The van der Waals surface area contributed by atoms with E-state index >= 15 is 0 Å². The summed E-state index contributed by atoms with van der Waals surface area (Å²) in [6.45, 7) is 0.544. The number of aliphatic hydroxyl groups is 1. The molecule has 29 heavy (non-hydrogen) atoms. The topological polar surface area (TPSA) is 94.1 Å². The van der Waals surface area contributed by atoms with E-state index in [1.807, 2.05) is 11.9 Å². The van der Waals surface area contributed by atoms with E-state index in [4.69, 9.17) is 16.0 Å². The predicted octanol–water partition coefficient (Wildman–Crippen LogP) is 3.44. The zero-order chi connectivity index (χ0) is 20.9. The lowest BCUT2D eigenvalue weighted by Gasteiger charge is -2.24. The Morgan fingerprint density at radius 3 is 2.69 bits per heavy atom. The van der Waals surface area contributed by atoms with Crippen LogP contribution < -0.4 is 5.43 Å². The molecule has 1 aliphatic heterocycles. The summed E-state index contributed by atoms with van der Waals surface area (Å²) in [6.07, 6.45) is 0.625. The van der Waals surface area contributed by atoms with Crippen LogP contribution in [0.1, 0.15) is 17.9 Å². The summed E-state index contributed by atoms with van der Waals surface area (Å²) in [5.41, 5.74) is 0.165. The average molecular weight is 420 g/mol. The number of likely N-dealkylation sites (tertiary alicyclic amines) is 1. The summed E-state index contributed by atoms with van der Waals surface area (Å²) in [6, 6.07) is 5.70. The molecular weight excluding hydrogens is 401 g/mol.